The van der Waals surface area contributed by atoms with Crippen LogP contribution in [0.25, 0.3) is 0 Å². The molecule has 0 aromatic heterocycles. The van der Waals surface area contributed by atoms with Crippen LogP contribution < -0.4 is 5.32 Å². The lowest BCUT2D eigenvalue weighted by molar-refractivity contribution is 0.262. The molecule has 2 N–H and O–H groups in total. The Hall–Kier alpha value is -0.590. The SMILES string of the molecule is CCC(CCO)NCCCCC#N. The molecule has 0 aliphatic heterocycles. The van der Waals surface area contributed by atoms with Gasteiger partial charge in [0.2, 0.25) is 0 Å². The van der Waals surface area contributed by atoms with E-state index in [1.165, 1.54) is 0 Å². The van der Waals surface area contributed by atoms with Gasteiger partial charge in [0.15, 0.2) is 0 Å². The quantitative estimate of drug-likeness (QED) is 0.561. The Labute approximate surface area is 80.8 Å². The molecule has 1 atom stereocenters. The first-order valence-corrected chi connectivity index (χ1v) is 5.06. The summed E-state index contributed by atoms with van der Waals surface area (Å²) in [6.07, 6.45) is 4.56. The van der Waals surface area contributed by atoms with Crippen molar-refractivity contribution in [3.63, 3.8) is 0 Å². The molecule has 0 bridgehead atoms. The second-order valence-electron chi connectivity index (χ2n) is 3.19. The Balaban J connectivity index is 3.23. The van der Waals surface area contributed by atoms with Gasteiger partial charge in [-0.3, -0.25) is 0 Å². The van der Waals surface area contributed by atoms with E-state index < -0.39 is 0 Å². The van der Waals surface area contributed by atoms with E-state index >= 15 is 0 Å². The molecular weight excluding hydrogens is 164 g/mol. The van der Waals surface area contributed by atoms with Gasteiger partial charge in [-0.25, -0.2) is 0 Å². The first kappa shape index (κ1) is 12.4. The van der Waals surface area contributed by atoms with Crippen LogP contribution in [-0.4, -0.2) is 24.3 Å². The number of unbranched alkanes of at least 4 members (excludes halogenated alkanes) is 2. The number of aliphatic hydroxyl groups is 1. The Bertz CT molecular complexity index is 142. The summed E-state index contributed by atoms with van der Waals surface area (Å²) in [7, 11) is 0. The van der Waals surface area contributed by atoms with Crippen molar-refractivity contribution in [1.82, 2.24) is 5.32 Å². The summed E-state index contributed by atoms with van der Waals surface area (Å²) >= 11 is 0. The van der Waals surface area contributed by atoms with Gasteiger partial charge in [0.1, 0.15) is 0 Å². The van der Waals surface area contributed by atoms with Crippen molar-refractivity contribution < 1.29 is 5.11 Å². The van der Waals surface area contributed by atoms with Gasteiger partial charge in [-0.15, -0.1) is 0 Å². The van der Waals surface area contributed by atoms with Crippen LogP contribution in [0.3, 0.4) is 0 Å². The van der Waals surface area contributed by atoms with Gasteiger partial charge in [0.25, 0.3) is 0 Å². The van der Waals surface area contributed by atoms with Gasteiger partial charge in [-0.05, 0) is 32.2 Å². The number of hydrogen-bond acceptors (Lipinski definition) is 3. The molecule has 3 heteroatoms. The largest absolute Gasteiger partial charge is 0.396 e. The molecule has 0 saturated carbocycles. The number of nitrogens with one attached hydrogen (secondary N) is 1. The van der Waals surface area contributed by atoms with Crippen LogP contribution in [0.2, 0.25) is 0 Å². The summed E-state index contributed by atoms with van der Waals surface area (Å²) < 4.78 is 0. The smallest absolute Gasteiger partial charge is 0.0621 e. The zero-order valence-electron chi connectivity index (χ0n) is 8.42. The fourth-order valence-corrected chi connectivity index (χ4v) is 1.24. The molecule has 0 spiro atoms. The van der Waals surface area contributed by atoms with E-state index in [0.29, 0.717) is 12.5 Å². The molecule has 76 valence electrons. The van der Waals surface area contributed by atoms with Crippen LogP contribution in [0.1, 0.15) is 39.0 Å². The molecule has 1 unspecified atom stereocenters. The third-order valence-corrected chi connectivity index (χ3v) is 2.12. The summed E-state index contributed by atoms with van der Waals surface area (Å²) in [5.41, 5.74) is 0. The molecule has 0 radical (unpaired) electrons. The third kappa shape index (κ3) is 7.76. The average Bonchev–Trinajstić information content (AvgIpc) is 2.16. The maximum atomic E-state index is 8.73. The highest BCUT2D eigenvalue weighted by Crippen LogP contribution is 1.98. The zero-order chi connectivity index (χ0) is 9.94. The highest BCUT2D eigenvalue weighted by atomic mass is 16.3. The fourth-order valence-electron chi connectivity index (χ4n) is 1.24. The predicted molar refractivity (Wildman–Crippen MR) is 53.2 cm³/mol. The lowest BCUT2D eigenvalue weighted by Crippen LogP contribution is -2.30. The summed E-state index contributed by atoms with van der Waals surface area (Å²) in [5.74, 6) is 0. The Morgan fingerprint density at radius 2 is 2.23 bits per heavy atom. The highest BCUT2D eigenvalue weighted by molar-refractivity contribution is 4.69. The normalized spacial score (nSPS) is 12.4. The van der Waals surface area contributed by atoms with Gasteiger partial charge in [-0.2, -0.15) is 5.26 Å². The predicted octanol–water partition coefficient (Wildman–Crippen LogP) is 1.43. The van der Waals surface area contributed by atoms with Crippen molar-refractivity contribution in [2.75, 3.05) is 13.2 Å². The van der Waals surface area contributed by atoms with Crippen molar-refractivity contribution in [2.24, 2.45) is 0 Å². The van der Waals surface area contributed by atoms with E-state index in [4.69, 9.17) is 10.4 Å². The number of rotatable bonds is 8. The van der Waals surface area contributed by atoms with Crippen LogP contribution in [0.4, 0.5) is 0 Å². The molecule has 0 saturated heterocycles. The van der Waals surface area contributed by atoms with Gasteiger partial charge in [0.05, 0.1) is 6.07 Å². The Morgan fingerprint density at radius 1 is 1.46 bits per heavy atom. The Morgan fingerprint density at radius 3 is 2.77 bits per heavy atom. The van der Waals surface area contributed by atoms with Crippen LogP contribution in [0.15, 0.2) is 0 Å². The molecule has 0 fully saturated rings. The number of hydrogen-bond donors (Lipinski definition) is 2. The van der Waals surface area contributed by atoms with E-state index in [2.05, 4.69) is 18.3 Å². The van der Waals surface area contributed by atoms with Crippen molar-refractivity contribution >= 4 is 0 Å². The number of nitrogens with zero attached hydrogens (tertiary/aromatic N) is 1. The van der Waals surface area contributed by atoms with E-state index in [1.807, 2.05) is 0 Å². The lowest BCUT2D eigenvalue weighted by Gasteiger charge is -2.14. The molecule has 0 aliphatic rings. The zero-order valence-corrected chi connectivity index (χ0v) is 8.42. The maximum Gasteiger partial charge on any atom is 0.0621 e. The Kier molecular flexibility index (Phi) is 9.07. The minimum atomic E-state index is 0.254. The third-order valence-electron chi connectivity index (χ3n) is 2.12. The van der Waals surface area contributed by atoms with Crippen molar-refractivity contribution in [1.29, 1.82) is 5.26 Å². The topological polar surface area (TPSA) is 56.0 Å². The van der Waals surface area contributed by atoms with Crippen LogP contribution >= 0.6 is 0 Å². The number of nitriles is 1. The molecule has 0 rings (SSSR count). The van der Waals surface area contributed by atoms with Crippen LogP contribution in [0.5, 0.6) is 0 Å². The van der Waals surface area contributed by atoms with E-state index in [0.717, 1.165) is 32.2 Å². The van der Waals surface area contributed by atoms with E-state index in [9.17, 15) is 0 Å². The summed E-state index contributed by atoms with van der Waals surface area (Å²) in [6, 6.07) is 2.56. The van der Waals surface area contributed by atoms with Crippen LogP contribution in [0, 0.1) is 11.3 Å². The maximum absolute atomic E-state index is 8.73. The molecule has 3 nitrogen and oxygen atoms in total. The first-order valence-electron chi connectivity index (χ1n) is 5.06. The van der Waals surface area contributed by atoms with E-state index in [1.54, 1.807) is 0 Å². The molecule has 0 aromatic rings. The van der Waals surface area contributed by atoms with Gasteiger partial charge < -0.3 is 10.4 Å². The van der Waals surface area contributed by atoms with Crippen molar-refractivity contribution in [3.8, 4) is 6.07 Å². The minimum Gasteiger partial charge on any atom is -0.396 e. The summed E-state index contributed by atoms with van der Waals surface area (Å²) in [6.45, 7) is 3.33. The van der Waals surface area contributed by atoms with Gasteiger partial charge in [0, 0.05) is 19.1 Å². The standard InChI is InChI=1S/C10H20N2O/c1-2-10(6-9-13)12-8-5-3-4-7-11/h10,12-13H,2-6,8-9H2,1H3. The number of aliphatic hydroxyl groups excluding tert-OH is 1. The molecule has 0 aromatic carbocycles. The molecule has 0 aliphatic carbocycles. The average molecular weight is 184 g/mol. The lowest BCUT2D eigenvalue weighted by atomic mass is 10.1. The van der Waals surface area contributed by atoms with Crippen molar-refractivity contribution in [2.45, 2.75) is 45.1 Å². The second-order valence-corrected chi connectivity index (χ2v) is 3.19. The molecule has 0 heterocycles. The fraction of sp³-hybridized carbons (Fsp3) is 0.900. The van der Waals surface area contributed by atoms with E-state index in [-0.39, 0.29) is 6.61 Å². The second kappa shape index (κ2) is 9.50. The van der Waals surface area contributed by atoms with Crippen LogP contribution in [-0.2, 0) is 0 Å². The molecular formula is C10H20N2O. The molecule has 13 heavy (non-hydrogen) atoms. The van der Waals surface area contributed by atoms with Gasteiger partial charge in [-0.1, -0.05) is 6.92 Å². The highest BCUT2D eigenvalue weighted by Gasteiger charge is 2.02. The van der Waals surface area contributed by atoms with Crippen molar-refractivity contribution in [3.05, 3.63) is 0 Å². The first-order chi connectivity index (χ1) is 6.35. The monoisotopic (exact) mass is 184 g/mol. The summed E-state index contributed by atoms with van der Waals surface area (Å²) in [5, 5.41) is 20.4. The summed E-state index contributed by atoms with van der Waals surface area (Å²) in [4.78, 5) is 0. The minimum absolute atomic E-state index is 0.254. The van der Waals surface area contributed by atoms with Gasteiger partial charge >= 0.3 is 0 Å². The molecule has 0 amide bonds.